The van der Waals surface area contributed by atoms with Crippen LogP contribution in [0.15, 0.2) is 17.1 Å². The van der Waals surface area contributed by atoms with Crippen LogP contribution in [0, 0.1) is 5.92 Å². The maximum Gasteiger partial charge on any atom is 0.477 e. The molecule has 49 heavy (non-hydrogen) atoms. The van der Waals surface area contributed by atoms with E-state index in [1.54, 1.807) is 6.92 Å². The number of phosphoric ester groups is 1. The fraction of sp³-hybridized carbons (Fsp3) is 0.731. The summed E-state index contributed by atoms with van der Waals surface area (Å²) in [6.07, 6.45) is -11.9. The summed E-state index contributed by atoms with van der Waals surface area (Å²) in [4.78, 5) is 61.9. The van der Waals surface area contributed by atoms with Crippen molar-refractivity contribution >= 4 is 43.6 Å². The van der Waals surface area contributed by atoms with Gasteiger partial charge in [-0.2, -0.15) is 16.7 Å². The highest BCUT2D eigenvalue weighted by Crippen LogP contribution is 2.51. The summed E-state index contributed by atoms with van der Waals surface area (Å²) in [5.41, 5.74) is 4.53. The lowest BCUT2D eigenvalue weighted by Crippen LogP contribution is -2.66. The van der Waals surface area contributed by atoms with Crippen molar-refractivity contribution in [1.29, 1.82) is 0 Å². The van der Waals surface area contributed by atoms with Crippen molar-refractivity contribution in [3.63, 3.8) is 0 Å². The van der Waals surface area contributed by atoms with Crippen molar-refractivity contribution in [1.82, 2.24) is 20.2 Å². The van der Waals surface area contributed by atoms with Gasteiger partial charge in [0.05, 0.1) is 37.8 Å². The van der Waals surface area contributed by atoms with Crippen molar-refractivity contribution < 1.29 is 72.6 Å². The van der Waals surface area contributed by atoms with Crippen molar-refractivity contribution in [3.8, 4) is 0 Å². The van der Waals surface area contributed by atoms with E-state index in [1.165, 1.54) is 17.8 Å². The number of phosphoric acid groups is 1. The Bertz CT molecular complexity index is 1410. The number of rotatable bonds is 18. The van der Waals surface area contributed by atoms with E-state index in [-0.39, 0.29) is 37.1 Å². The number of nitrogen functional groups attached to an aromatic ring is 1. The minimum Gasteiger partial charge on any atom is -0.409 e. The van der Waals surface area contributed by atoms with E-state index < -0.39 is 93.4 Å². The summed E-state index contributed by atoms with van der Waals surface area (Å²) in [6.45, 7) is 1.03. The van der Waals surface area contributed by atoms with Crippen LogP contribution in [-0.2, 0) is 42.2 Å². The highest BCUT2D eigenvalue weighted by atomic mass is 32.2. The maximum absolute atomic E-state index is 13.1. The predicted octanol–water partition coefficient (Wildman–Crippen LogP) is -4.06. The molecule has 2 saturated heterocycles. The third-order valence-electron chi connectivity index (χ3n) is 7.61. The summed E-state index contributed by atoms with van der Waals surface area (Å²) in [7, 11) is -5.43. The number of ether oxygens (including phenoxy) is 3. The first-order valence-corrected chi connectivity index (χ1v) is 17.7. The molecule has 0 spiro atoms. The van der Waals surface area contributed by atoms with Gasteiger partial charge in [0.15, 0.2) is 6.23 Å². The average molecular weight is 744 g/mol. The summed E-state index contributed by atoms with van der Waals surface area (Å²) in [5, 5.41) is 58.6. The summed E-state index contributed by atoms with van der Waals surface area (Å²) in [6, 6.07) is -0.261. The van der Waals surface area contributed by atoms with E-state index in [0.717, 1.165) is 17.7 Å². The third kappa shape index (κ3) is 10.7. The number of carbonyl (C=O) groups is 3. The molecule has 2 fully saturated rings. The number of carbonyl (C=O) groups excluding carboxylic acids is 3. The van der Waals surface area contributed by atoms with E-state index in [4.69, 9.17) is 29.0 Å². The van der Waals surface area contributed by atoms with Crippen molar-refractivity contribution in [2.45, 2.75) is 81.2 Å². The Labute approximate surface area is 283 Å². The van der Waals surface area contributed by atoms with Crippen LogP contribution in [-0.4, -0.2) is 145 Å². The van der Waals surface area contributed by atoms with Gasteiger partial charge in [0, 0.05) is 31.3 Å². The van der Waals surface area contributed by atoms with E-state index in [2.05, 4.69) is 15.6 Å². The topological polar surface area (TPSA) is 321 Å². The number of nitrogens with zero attached hydrogens (tertiary/aromatic N) is 2. The average Bonchev–Trinajstić information content (AvgIpc) is 3.29. The molecule has 1 aromatic heterocycles. The largest absolute Gasteiger partial charge is 0.477 e. The monoisotopic (exact) mass is 743 g/mol. The molecule has 21 nitrogen and oxygen atoms in total. The van der Waals surface area contributed by atoms with Crippen LogP contribution in [0.5, 0.6) is 0 Å². The molecule has 3 heterocycles. The van der Waals surface area contributed by atoms with E-state index in [9.17, 15) is 54.2 Å². The molecule has 278 valence electrons. The molecule has 23 heteroatoms. The Morgan fingerprint density at radius 3 is 2.61 bits per heavy atom. The van der Waals surface area contributed by atoms with Gasteiger partial charge in [-0.25, -0.2) is 13.9 Å². The lowest BCUT2D eigenvalue weighted by atomic mass is 9.91. The van der Waals surface area contributed by atoms with Gasteiger partial charge in [0.25, 0.3) is 6.47 Å². The third-order valence-corrected chi connectivity index (χ3v) is 9.43. The number of aliphatic hydroxyl groups is 5. The van der Waals surface area contributed by atoms with Gasteiger partial charge in [-0.1, -0.05) is 6.92 Å². The smallest absolute Gasteiger partial charge is 0.409 e. The number of hydrogen-bond acceptors (Lipinski definition) is 19. The lowest BCUT2D eigenvalue weighted by molar-refractivity contribution is -0.383. The predicted molar refractivity (Wildman–Crippen MR) is 166 cm³/mol. The Morgan fingerprint density at radius 1 is 1.31 bits per heavy atom. The Balaban J connectivity index is 1.74. The van der Waals surface area contributed by atoms with E-state index >= 15 is 0 Å². The summed E-state index contributed by atoms with van der Waals surface area (Å²) >= 11 is 1.47. The Kier molecular flexibility index (Phi) is 14.7. The fourth-order valence-electron chi connectivity index (χ4n) is 5.14. The van der Waals surface area contributed by atoms with Crippen LogP contribution >= 0.6 is 19.6 Å². The van der Waals surface area contributed by atoms with Gasteiger partial charge >= 0.3 is 19.5 Å². The fourth-order valence-corrected chi connectivity index (χ4v) is 6.73. The molecule has 1 aromatic rings. The van der Waals surface area contributed by atoms with Gasteiger partial charge in [-0.05, 0) is 12.3 Å². The molecule has 12 atom stereocenters. The van der Waals surface area contributed by atoms with Crippen molar-refractivity contribution in [2.24, 2.45) is 5.92 Å². The first-order chi connectivity index (χ1) is 22.9. The summed E-state index contributed by atoms with van der Waals surface area (Å²) < 4.78 is 39.7. The molecule has 1 amide bonds. The quantitative estimate of drug-likeness (QED) is 0.0392. The number of thioether (sulfide) groups is 1. The first kappa shape index (κ1) is 40.9. The van der Waals surface area contributed by atoms with Crippen LogP contribution in [0.4, 0.5) is 5.82 Å². The minimum atomic E-state index is -5.43. The molecule has 3 rings (SSSR count). The number of nitrogens with one attached hydrogen (secondary N) is 2. The number of aromatic nitrogens is 2. The highest BCUT2D eigenvalue weighted by molar-refractivity contribution is 7.98. The number of anilines is 1. The second-order valence-electron chi connectivity index (χ2n) is 11.4. The number of ketones is 1. The molecule has 0 aliphatic carbocycles. The zero-order valence-corrected chi connectivity index (χ0v) is 28.3. The van der Waals surface area contributed by atoms with Gasteiger partial charge in [-0.3, -0.25) is 23.5 Å². The second kappa shape index (κ2) is 17.6. The molecule has 0 saturated carbocycles. The summed E-state index contributed by atoms with van der Waals surface area (Å²) in [5.74, 6) is -3.68. The van der Waals surface area contributed by atoms with Crippen LogP contribution in [0.1, 0.15) is 26.5 Å². The zero-order chi connectivity index (χ0) is 36.7. The number of nitrogens with two attached hydrogens (primary N) is 1. The van der Waals surface area contributed by atoms with Crippen LogP contribution < -0.4 is 22.1 Å². The highest BCUT2D eigenvalue weighted by Gasteiger charge is 2.56. The minimum absolute atomic E-state index is 0.123. The van der Waals surface area contributed by atoms with Gasteiger partial charge in [-0.15, -0.1) is 0 Å². The molecule has 2 aliphatic rings. The molecule has 0 aromatic carbocycles. The van der Waals surface area contributed by atoms with Crippen LogP contribution in [0.25, 0.3) is 0 Å². The number of amides is 1. The number of aliphatic hydroxyl groups excluding tert-OH is 5. The van der Waals surface area contributed by atoms with Crippen molar-refractivity contribution in [3.05, 3.63) is 22.7 Å². The molecule has 10 N–H and O–H groups in total. The lowest BCUT2D eigenvalue weighted by Gasteiger charge is -2.46. The molecule has 2 aliphatic heterocycles. The molecule has 0 radical (unpaired) electrons. The van der Waals surface area contributed by atoms with Crippen LogP contribution in [0.2, 0.25) is 0 Å². The zero-order valence-electron chi connectivity index (χ0n) is 26.6. The van der Waals surface area contributed by atoms with Gasteiger partial charge < -0.3 is 61.0 Å². The first-order valence-electron chi connectivity index (χ1n) is 14.8. The SMILES string of the molecule is CSCC(C)C(=O)CNCC(O)C(O)C1OC(OC=O)(OP(=O)(O)OC[C@H]2O[C@@H](n3ccc(N)nc3=O)[C@H](O)[C@@H]2O)CC(O)C1NC(C)=O. The Morgan fingerprint density at radius 2 is 2.00 bits per heavy atom. The number of Topliss-reactive ketones (excluding diaryl/α,β-unsaturated/α-hetero) is 1. The molecule has 0 bridgehead atoms. The maximum atomic E-state index is 13.1. The Hall–Kier alpha value is -2.57. The van der Waals surface area contributed by atoms with Crippen LogP contribution in [0.3, 0.4) is 0 Å². The molecular weight excluding hydrogens is 701 g/mol. The van der Waals surface area contributed by atoms with Gasteiger partial charge in [0.2, 0.25) is 5.91 Å². The van der Waals surface area contributed by atoms with Crippen molar-refractivity contribution in [2.75, 3.05) is 37.4 Å². The van der Waals surface area contributed by atoms with Gasteiger partial charge in [0.1, 0.15) is 42.1 Å². The molecule has 8 unspecified atom stereocenters. The molecular formula is C26H42N5O16PS. The number of hydrogen-bond donors (Lipinski definition) is 9. The second-order valence-corrected chi connectivity index (χ2v) is 13.7. The standard InChI is InChI=1S/C26H42N5O16PS/c1-12(10-49-3)15(35)7-28-8-16(36)20(37)23-19(29-13(2)33)14(34)6-26(46-23,43-11-32)47-48(41,42)44-9-17-21(38)22(39)24(45-17)31-5-4-18(27)30-25(31)40/h4-5,11-12,14,16-17,19-24,28,34,36-39H,6-10H2,1-3H3,(H,29,33)(H,41,42)(H2,27,30,40)/t12?,14?,16?,17-,19?,20?,21-,22-,23?,24-,26?/m1/s1. The normalized spacial score (nSPS) is 31.7. The van der Waals surface area contributed by atoms with E-state index in [0.29, 0.717) is 5.75 Å². The van der Waals surface area contributed by atoms with E-state index in [1.807, 2.05) is 6.26 Å².